The van der Waals surface area contributed by atoms with Gasteiger partial charge in [-0.15, -0.1) is 0 Å². The minimum atomic E-state index is -0.565. The second-order valence-corrected chi connectivity index (χ2v) is 8.96. The van der Waals surface area contributed by atoms with Crippen molar-refractivity contribution in [3.8, 4) is 0 Å². The molecule has 2 nitrogen and oxygen atoms in total. The first-order valence-corrected chi connectivity index (χ1v) is 13.7. The summed E-state index contributed by atoms with van der Waals surface area (Å²) in [4.78, 5) is 25.8. The first-order valence-electron chi connectivity index (χ1n) is 13.7. The fourth-order valence-corrected chi connectivity index (χ4v) is 4.29. The third-order valence-electron chi connectivity index (χ3n) is 6.06. The topological polar surface area (TPSA) is 34.1 Å². The third kappa shape index (κ3) is 10.1. The molecule has 196 valence electrons. The van der Waals surface area contributed by atoms with Gasteiger partial charge in [-0.3, -0.25) is 9.59 Å². The number of benzene rings is 2. The fourth-order valence-electron chi connectivity index (χ4n) is 4.29. The number of rotatable bonds is 6. The van der Waals surface area contributed by atoms with E-state index in [1.165, 1.54) is 18.1 Å². The summed E-state index contributed by atoms with van der Waals surface area (Å²) in [6, 6.07) is 13.3. The Balaban J connectivity index is 0.00000150. The fraction of sp³-hybridized carbons (Fsp3) is 0.562. The van der Waals surface area contributed by atoms with E-state index >= 15 is 0 Å². The Hall–Kier alpha value is -2.29. The summed E-state index contributed by atoms with van der Waals surface area (Å²) >= 11 is 0. The van der Waals surface area contributed by atoms with Gasteiger partial charge in [-0.1, -0.05) is 98.2 Å². The van der Waals surface area contributed by atoms with Gasteiger partial charge in [0.05, 0.1) is 5.92 Å². The molecule has 1 aliphatic carbocycles. The lowest BCUT2D eigenvalue weighted by molar-refractivity contribution is -0.135. The smallest absolute Gasteiger partial charge is 0.144 e. The molecule has 1 aliphatic rings. The van der Waals surface area contributed by atoms with Crippen LogP contribution < -0.4 is 0 Å². The van der Waals surface area contributed by atoms with E-state index in [1.54, 1.807) is 13.0 Å². The number of aryl methyl sites for hydroxylation is 1. The molecule has 0 saturated heterocycles. The second kappa shape index (κ2) is 18.0. The van der Waals surface area contributed by atoms with Crippen LogP contribution in [0.15, 0.2) is 42.5 Å². The number of Topliss-reactive ketones (excluding diaryl/α,β-unsaturated/α-hetero) is 2. The Morgan fingerprint density at radius 1 is 1.03 bits per heavy atom. The molecular weight excluding hydrogens is 435 g/mol. The lowest BCUT2D eigenvalue weighted by Gasteiger charge is -2.30. The molecule has 2 aromatic rings. The SMILES string of the molecule is CC.CC.CCC.Cc1c(F)cccc1CCC(=O)C1C(=O)CCCC1c1cccc(C(C)C)c1. The van der Waals surface area contributed by atoms with E-state index in [1.807, 2.05) is 45.9 Å². The van der Waals surface area contributed by atoms with Crippen LogP contribution in [0.1, 0.15) is 122 Å². The summed E-state index contributed by atoms with van der Waals surface area (Å²) in [5.41, 5.74) is 3.76. The van der Waals surface area contributed by atoms with Crippen LogP contribution >= 0.6 is 0 Å². The molecule has 0 aliphatic heterocycles. The lowest BCUT2D eigenvalue weighted by Crippen LogP contribution is -2.34. The van der Waals surface area contributed by atoms with Crippen molar-refractivity contribution in [2.75, 3.05) is 0 Å². The summed E-state index contributed by atoms with van der Waals surface area (Å²) in [5.74, 6) is -0.391. The molecule has 1 saturated carbocycles. The molecule has 0 N–H and O–H groups in total. The molecular formula is C32H49FO2. The van der Waals surface area contributed by atoms with Crippen molar-refractivity contribution in [1.29, 1.82) is 0 Å². The summed E-state index contributed by atoms with van der Waals surface area (Å²) in [6.45, 7) is 18.3. The van der Waals surface area contributed by atoms with E-state index in [2.05, 4.69) is 39.8 Å². The Morgan fingerprint density at radius 3 is 2.23 bits per heavy atom. The zero-order valence-electron chi connectivity index (χ0n) is 23.7. The highest BCUT2D eigenvalue weighted by atomic mass is 19.1. The van der Waals surface area contributed by atoms with Crippen LogP contribution in [-0.4, -0.2) is 11.6 Å². The number of hydrogen-bond acceptors (Lipinski definition) is 2. The number of carbonyl (C=O) groups excluding carboxylic acids is 2. The standard InChI is InChI=1S/C25H29FO2.C3H8.2C2H6/c1-16(2)19-8-4-9-20(15-19)21-10-6-12-23(27)25(21)24(28)14-13-18-7-5-11-22(26)17(18)3;1-3-2;2*1-2/h4-5,7-9,11,15-16,21,25H,6,10,12-14H2,1-3H3;3H2,1-2H3;2*1-2H3. The van der Waals surface area contributed by atoms with Crippen LogP contribution in [0.3, 0.4) is 0 Å². The van der Waals surface area contributed by atoms with Crippen LogP contribution in [-0.2, 0) is 16.0 Å². The van der Waals surface area contributed by atoms with Crippen molar-refractivity contribution in [2.45, 2.75) is 113 Å². The van der Waals surface area contributed by atoms with Crippen molar-refractivity contribution >= 4 is 11.6 Å². The number of ketones is 2. The summed E-state index contributed by atoms with van der Waals surface area (Å²) in [6.07, 6.45) is 4.19. The van der Waals surface area contributed by atoms with E-state index in [9.17, 15) is 14.0 Å². The van der Waals surface area contributed by atoms with E-state index in [0.717, 1.165) is 24.0 Å². The van der Waals surface area contributed by atoms with Gasteiger partial charge in [0.1, 0.15) is 17.4 Å². The highest BCUT2D eigenvalue weighted by Crippen LogP contribution is 2.38. The van der Waals surface area contributed by atoms with Crippen LogP contribution in [0, 0.1) is 18.7 Å². The predicted molar refractivity (Wildman–Crippen MR) is 149 cm³/mol. The largest absolute Gasteiger partial charge is 0.299 e. The molecule has 0 spiro atoms. The van der Waals surface area contributed by atoms with Crippen LogP contribution in [0.4, 0.5) is 4.39 Å². The van der Waals surface area contributed by atoms with Crippen molar-refractivity contribution < 1.29 is 14.0 Å². The maximum atomic E-state index is 13.8. The highest BCUT2D eigenvalue weighted by molar-refractivity contribution is 6.03. The summed E-state index contributed by atoms with van der Waals surface area (Å²) in [5, 5.41) is 0. The molecule has 3 heteroatoms. The predicted octanol–water partition coefficient (Wildman–Crippen LogP) is 9.38. The molecule has 1 fully saturated rings. The van der Waals surface area contributed by atoms with Gasteiger partial charge >= 0.3 is 0 Å². The molecule has 35 heavy (non-hydrogen) atoms. The maximum absolute atomic E-state index is 13.8. The quantitative estimate of drug-likeness (QED) is 0.383. The van der Waals surface area contributed by atoms with Crippen LogP contribution in [0.25, 0.3) is 0 Å². The summed E-state index contributed by atoms with van der Waals surface area (Å²) in [7, 11) is 0. The number of carbonyl (C=O) groups is 2. The monoisotopic (exact) mass is 484 g/mol. The first-order chi connectivity index (χ1) is 16.8. The van der Waals surface area contributed by atoms with Crippen molar-refractivity contribution in [1.82, 2.24) is 0 Å². The van der Waals surface area contributed by atoms with Gasteiger partial charge in [0.2, 0.25) is 0 Å². The van der Waals surface area contributed by atoms with Gasteiger partial charge < -0.3 is 0 Å². The molecule has 2 aromatic carbocycles. The second-order valence-electron chi connectivity index (χ2n) is 8.96. The Labute approximate surface area is 214 Å². The normalized spacial score (nSPS) is 16.7. The van der Waals surface area contributed by atoms with Gasteiger partial charge in [0, 0.05) is 18.8 Å². The van der Waals surface area contributed by atoms with Gasteiger partial charge in [0.15, 0.2) is 0 Å². The van der Waals surface area contributed by atoms with Crippen molar-refractivity contribution in [3.63, 3.8) is 0 Å². The zero-order valence-corrected chi connectivity index (χ0v) is 23.7. The minimum Gasteiger partial charge on any atom is -0.299 e. The number of halogens is 1. The molecule has 0 aromatic heterocycles. The third-order valence-corrected chi connectivity index (χ3v) is 6.06. The Morgan fingerprint density at radius 2 is 1.63 bits per heavy atom. The molecule has 0 radical (unpaired) electrons. The van der Waals surface area contributed by atoms with Crippen LogP contribution in [0.2, 0.25) is 0 Å². The highest BCUT2D eigenvalue weighted by Gasteiger charge is 2.37. The maximum Gasteiger partial charge on any atom is 0.144 e. The molecule has 0 heterocycles. The van der Waals surface area contributed by atoms with E-state index in [4.69, 9.17) is 0 Å². The summed E-state index contributed by atoms with van der Waals surface area (Å²) < 4.78 is 13.8. The Bertz CT molecular complexity index is 885. The van der Waals surface area contributed by atoms with Gasteiger partial charge in [-0.05, 0) is 60.4 Å². The number of hydrogen-bond donors (Lipinski definition) is 0. The van der Waals surface area contributed by atoms with Gasteiger partial charge in [-0.2, -0.15) is 0 Å². The zero-order chi connectivity index (χ0) is 27.0. The molecule has 2 atom stereocenters. The molecule has 3 rings (SSSR count). The van der Waals surface area contributed by atoms with Gasteiger partial charge in [-0.25, -0.2) is 4.39 Å². The van der Waals surface area contributed by atoms with Crippen LogP contribution in [0.5, 0.6) is 0 Å². The first kappa shape index (κ1) is 32.7. The van der Waals surface area contributed by atoms with E-state index in [0.29, 0.717) is 24.3 Å². The van der Waals surface area contributed by atoms with Crippen molar-refractivity contribution in [3.05, 3.63) is 70.5 Å². The average molecular weight is 485 g/mol. The van der Waals surface area contributed by atoms with Gasteiger partial charge in [0.25, 0.3) is 0 Å². The van der Waals surface area contributed by atoms with Crippen molar-refractivity contribution in [2.24, 2.45) is 5.92 Å². The molecule has 0 bridgehead atoms. The van der Waals surface area contributed by atoms with E-state index < -0.39 is 5.92 Å². The molecule has 0 amide bonds. The lowest BCUT2D eigenvalue weighted by atomic mass is 9.71. The molecule has 2 unspecified atom stereocenters. The average Bonchev–Trinajstić information content (AvgIpc) is 2.87. The van der Waals surface area contributed by atoms with E-state index in [-0.39, 0.29) is 29.7 Å². The Kier molecular flexibility index (Phi) is 16.9. The minimum absolute atomic E-state index is 0.00619.